The number of anilines is 1. The fourth-order valence-electron chi connectivity index (χ4n) is 3.60. The molecular weight excluding hydrogens is 422 g/mol. The second-order valence-corrected chi connectivity index (χ2v) is 8.13. The lowest BCUT2D eigenvalue weighted by atomic mass is 10.1. The highest BCUT2D eigenvalue weighted by Gasteiger charge is 2.36. The van der Waals surface area contributed by atoms with Crippen molar-refractivity contribution >= 4 is 34.7 Å². The average Bonchev–Trinajstić information content (AvgIpc) is 3.41. The van der Waals surface area contributed by atoms with Crippen molar-refractivity contribution in [2.24, 2.45) is 0 Å². The number of nitrogens with one attached hydrogen (secondary N) is 1. The molecule has 1 aromatic heterocycles. The number of thiazole rings is 1. The SMILES string of the molecule is O=C(CN1C(=O)c2ccccc2C1=O)Nc1cccc(-c2csc(-c3ccccc3)n2)c1. The predicted octanol–water partition coefficient (Wildman–Crippen LogP) is 4.71. The molecule has 0 saturated heterocycles. The van der Waals surface area contributed by atoms with E-state index in [1.54, 1.807) is 41.7 Å². The molecule has 32 heavy (non-hydrogen) atoms. The molecule has 6 nitrogen and oxygen atoms in total. The molecule has 0 saturated carbocycles. The number of imide groups is 1. The molecule has 156 valence electrons. The van der Waals surface area contributed by atoms with Crippen LogP contribution in [0.3, 0.4) is 0 Å². The zero-order chi connectivity index (χ0) is 22.1. The summed E-state index contributed by atoms with van der Waals surface area (Å²) < 4.78 is 0. The monoisotopic (exact) mass is 439 g/mol. The fourth-order valence-corrected chi connectivity index (χ4v) is 4.44. The summed E-state index contributed by atoms with van der Waals surface area (Å²) in [7, 11) is 0. The van der Waals surface area contributed by atoms with Crippen molar-refractivity contribution < 1.29 is 14.4 Å². The Hall–Kier alpha value is -4.10. The van der Waals surface area contributed by atoms with Gasteiger partial charge in [0.2, 0.25) is 5.91 Å². The Labute approximate surface area is 188 Å². The van der Waals surface area contributed by atoms with Crippen LogP contribution in [-0.2, 0) is 4.79 Å². The summed E-state index contributed by atoms with van der Waals surface area (Å²) in [6.07, 6.45) is 0. The van der Waals surface area contributed by atoms with E-state index < -0.39 is 17.7 Å². The first-order valence-electron chi connectivity index (χ1n) is 9.96. The molecule has 0 bridgehead atoms. The van der Waals surface area contributed by atoms with Gasteiger partial charge in [-0.25, -0.2) is 4.98 Å². The highest BCUT2D eigenvalue weighted by Crippen LogP contribution is 2.30. The van der Waals surface area contributed by atoms with Crippen LogP contribution in [0.5, 0.6) is 0 Å². The van der Waals surface area contributed by atoms with Gasteiger partial charge in [-0.1, -0.05) is 54.6 Å². The van der Waals surface area contributed by atoms with Crippen LogP contribution < -0.4 is 5.32 Å². The Kier molecular flexibility index (Phi) is 5.09. The van der Waals surface area contributed by atoms with E-state index >= 15 is 0 Å². The van der Waals surface area contributed by atoms with Crippen molar-refractivity contribution in [3.63, 3.8) is 0 Å². The smallest absolute Gasteiger partial charge is 0.262 e. The molecule has 0 aliphatic carbocycles. The minimum absolute atomic E-state index is 0.324. The van der Waals surface area contributed by atoms with Gasteiger partial charge in [-0.2, -0.15) is 0 Å². The summed E-state index contributed by atoms with van der Waals surface area (Å²) >= 11 is 1.55. The van der Waals surface area contributed by atoms with Crippen molar-refractivity contribution in [1.82, 2.24) is 9.88 Å². The maximum atomic E-state index is 12.6. The Morgan fingerprint density at radius 3 is 2.22 bits per heavy atom. The van der Waals surface area contributed by atoms with Crippen molar-refractivity contribution in [3.8, 4) is 21.8 Å². The molecule has 0 atom stereocenters. The van der Waals surface area contributed by atoms with Crippen LogP contribution in [0.15, 0.2) is 84.2 Å². The highest BCUT2D eigenvalue weighted by atomic mass is 32.1. The van der Waals surface area contributed by atoms with E-state index in [0.29, 0.717) is 16.8 Å². The number of hydrogen-bond donors (Lipinski definition) is 1. The van der Waals surface area contributed by atoms with Crippen molar-refractivity contribution in [1.29, 1.82) is 0 Å². The molecule has 4 aromatic rings. The number of carbonyl (C=O) groups excluding carboxylic acids is 3. The normalized spacial score (nSPS) is 12.7. The molecule has 0 radical (unpaired) electrons. The van der Waals surface area contributed by atoms with Crippen LogP contribution in [0.1, 0.15) is 20.7 Å². The molecule has 1 aliphatic heterocycles. The first kappa shape index (κ1) is 19.8. The molecule has 3 aromatic carbocycles. The third-order valence-electron chi connectivity index (χ3n) is 5.15. The lowest BCUT2D eigenvalue weighted by Gasteiger charge is -2.14. The van der Waals surface area contributed by atoms with Gasteiger partial charge < -0.3 is 5.32 Å². The van der Waals surface area contributed by atoms with E-state index in [2.05, 4.69) is 5.32 Å². The van der Waals surface area contributed by atoms with Gasteiger partial charge >= 0.3 is 0 Å². The highest BCUT2D eigenvalue weighted by molar-refractivity contribution is 7.13. The summed E-state index contributed by atoms with van der Waals surface area (Å²) in [5.74, 6) is -1.35. The van der Waals surface area contributed by atoms with Gasteiger partial charge in [-0.3, -0.25) is 19.3 Å². The third kappa shape index (κ3) is 3.70. The van der Waals surface area contributed by atoms with Gasteiger partial charge in [-0.05, 0) is 24.3 Å². The van der Waals surface area contributed by atoms with Crippen molar-refractivity contribution in [2.75, 3.05) is 11.9 Å². The van der Waals surface area contributed by atoms with Crippen LogP contribution in [0.25, 0.3) is 21.8 Å². The molecule has 3 amide bonds. The number of nitrogens with zero attached hydrogens (tertiary/aromatic N) is 2. The molecular formula is C25H17N3O3S. The molecule has 2 heterocycles. The maximum Gasteiger partial charge on any atom is 0.262 e. The predicted molar refractivity (Wildman–Crippen MR) is 123 cm³/mol. The first-order chi connectivity index (χ1) is 15.6. The van der Waals surface area contributed by atoms with Gasteiger partial charge in [0.15, 0.2) is 0 Å². The lowest BCUT2D eigenvalue weighted by Crippen LogP contribution is -2.37. The summed E-state index contributed by atoms with van der Waals surface area (Å²) in [5.41, 5.74) is 3.94. The van der Waals surface area contributed by atoms with Crippen molar-refractivity contribution in [2.45, 2.75) is 0 Å². The van der Waals surface area contributed by atoms with E-state index in [1.165, 1.54) is 0 Å². The Balaban J connectivity index is 1.30. The number of carbonyl (C=O) groups is 3. The standard InChI is InChI=1S/C25H17N3O3S/c29-22(14-28-24(30)19-11-4-5-12-20(19)25(28)31)26-18-10-6-9-17(13-18)21-15-32-23(27-21)16-7-2-1-3-8-16/h1-13,15H,14H2,(H,26,29). The quantitative estimate of drug-likeness (QED) is 0.457. The third-order valence-corrected chi connectivity index (χ3v) is 6.04. The maximum absolute atomic E-state index is 12.6. The largest absolute Gasteiger partial charge is 0.325 e. The summed E-state index contributed by atoms with van der Waals surface area (Å²) in [6, 6.07) is 23.8. The summed E-state index contributed by atoms with van der Waals surface area (Å²) in [4.78, 5) is 43.2. The Morgan fingerprint density at radius 2 is 1.50 bits per heavy atom. The number of fused-ring (bicyclic) bond motifs is 1. The van der Waals surface area contributed by atoms with Crippen molar-refractivity contribution in [3.05, 3.63) is 95.4 Å². The molecule has 1 N–H and O–H groups in total. The van der Waals surface area contributed by atoms with E-state index in [4.69, 9.17) is 4.98 Å². The number of amides is 3. The fraction of sp³-hybridized carbons (Fsp3) is 0.0400. The minimum Gasteiger partial charge on any atom is -0.325 e. The van der Waals surface area contributed by atoms with Gasteiger partial charge in [0, 0.05) is 22.2 Å². The zero-order valence-corrected chi connectivity index (χ0v) is 17.6. The summed E-state index contributed by atoms with van der Waals surface area (Å²) in [5, 5.41) is 5.67. The van der Waals surface area contributed by atoms with Gasteiger partial charge in [0.05, 0.1) is 16.8 Å². The van der Waals surface area contributed by atoms with Crippen LogP contribution in [-0.4, -0.2) is 34.2 Å². The molecule has 5 rings (SSSR count). The first-order valence-corrected chi connectivity index (χ1v) is 10.8. The molecule has 7 heteroatoms. The Bertz CT molecular complexity index is 1310. The minimum atomic E-state index is -0.453. The summed E-state index contributed by atoms with van der Waals surface area (Å²) in [6.45, 7) is -0.342. The second kappa shape index (κ2) is 8.20. The van der Waals surface area contributed by atoms with E-state index in [0.717, 1.165) is 26.7 Å². The number of benzene rings is 3. The number of rotatable bonds is 5. The zero-order valence-electron chi connectivity index (χ0n) is 16.8. The van der Waals surface area contributed by atoms with E-state index in [-0.39, 0.29) is 6.54 Å². The number of hydrogen-bond acceptors (Lipinski definition) is 5. The van der Waals surface area contributed by atoms with Crippen LogP contribution in [0, 0.1) is 0 Å². The van der Waals surface area contributed by atoms with Crippen LogP contribution >= 0.6 is 11.3 Å². The Morgan fingerprint density at radius 1 is 0.844 bits per heavy atom. The van der Waals surface area contributed by atoms with Crippen LogP contribution in [0.2, 0.25) is 0 Å². The van der Waals surface area contributed by atoms with Gasteiger partial charge in [-0.15, -0.1) is 11.3 Å². The van der Waals surface area contributed by atoms with Crippen LogP contribution in [0.4, 0.5) is 5.69 Å². The second-order valence-electron chi connectivity index (χ2n) is 7.27. The topological polar surface area (TPSA) is 79.4 Å². The number of aromatic nitrogens is 1. The van der Waals surface area contributed by atoms with Gasteiger partial charge in [0.25, 0.3) is 11.8 Å². The molecule has 0 spiro atoms. The molecule has 0 unspecified atom stereocenters. The van der Waals surface area contributed by atoms with Gasteiger partial charge in [0.1, 0.15) is 11.6 Å². The van der Waals surface area contributed by atoms with E-state index in [1.807, 2.05) is 53.9 Å². The molecule has 1 aliphatic rings. The molecule has 0 fully saturated rings. The van der Waals surface area contributed by atoms with E-state index in [9.17, 15) is 14.4 Å². The average molecular weight is 439 g/mol. The lowest BCUT2D eigenvalue weighted by molar-refractivity contribution is -0.116.